The summed E-state index contributed by atoms with van der Waals surface area (Å²) in [6, 6.07) is 71.5. The van der Waals surface area contributed by atoms with Crippen LogP contribution >= 0.6 is 0 Å². The zero-order valence-corrected chi connectivity index (χ0v) is 31.4. The van der Waals surface area contributed by atoms with Gasteiger partial charge >= 0.3 is 0 Å². The second-order valence-electron chi connectivity index (χ2n) is 15.7. The lowest BCUT2D eigenvalue weighted by atomic mass is 9.87. The molecular formula is C54H41N. The molecule has 0 N–H and O–H groups in total. The summed E-state index contributed by atoms with van der Waals surface area (Å²) in [7, 11) is 0. The highest BCUT2D eigenvalue weighted by molar-refractivity contribution is 6.16. The summed E-state index contributed by atoms with van der Waals surface area (Å²) >= 11 is 0. The average Bonchev–Trinajstić information content (AvgIpc) is 3.91. The molecule has 1 heteroatoms. The number of hydrogen-bond acceptors (Lipinski definition) is 1. The molecule has 262 valence electrons. The molecule has 0 radical (unpaired) electrons. The van der Waals surface area contributed by atoms with Crippen LogP contribution in [0.5, 0.6) is 0 Å². The zero-order valence-electron chi connectivity index (χ0n) is 31.4. The van der Waals surface area contributed by atoms with Gasteiger partial charge in [0.15, 0.2) is 0 Å². The Hall–Kier alpha value is -6.70. The second-order valence-corrected chi connectivity index (χ2v) is 15.7. The van der Waals surface area contributed by atoms with E-state index in [9.17, 15) is 0 Å². The summed E-state index contributed by atoms with van der Waals surface area (Å²) in [5, 5.41) is 5.01. The van der Waals surface area contributed by atoms with Crippen LogP contribution in [0, 0.1) is 0 Å². The van der Waals surface area contributed by atoms with Crippen molar-refractivity contribution in [2.24, 2.45) is 0 Å². The molecule has 0 aliphatic heterocycles. The summed E-state index contributed by atoms with van der Waals surface area (Å²) < 4.78 is 0. The van der Waals surface area contributed by atoms with Gasteiger partial charge in [0.2, 0.25) is 0 Å². The first-order valence-corrected chi connectivity index (χ1v) is 19.3. The summed E-state index contributed by atoms with van der Waals surface area (Å²) in [5.74, 6) is 0. The Bertz CT molecular complexity index is 2870. The number of anilines is 3. The van der Waals surface area contributed by atoms with Crippen molar-refractivity contribution in [3.05, 3.63) is 200 Å². The van der Waals surface area contributed by atoms with E-state index in [2.05, 4.69) is 220 Å². The molecule has 0 aromatic heterocycles. The van der Waals surface area contributed by atoms with Crippen molar-refractivity contribution in [2.45, 2.75) is 26.2 Å². The molecule has 0 atom stereocenters. The van der Waals surface area contributed by atoms with E-state index in [-0.39, 0.29) is 5.41 Å². The highest BCUT2D eigenvalue weighted by Gasteiger charge is 2.32. The lowest BCUT2D eigenvalue weighted by molar-refractivity contribution is 0.590. The molecule has 0 saturated carbocycles. The van der Waals surface area contributed by atoms with Gasteiger partial charge in [0, 0.05) is 22.4 Å². The standard InChI is InChI=1S/C54H41N/c1-54(2,3)41-30-32-42(33-31-41)55(50-29-11-10-24-45(50)46-27-14-22-38-20-12-25-43(51(38)46)36-16-6-4-7-17-36)53-48-34-40(48)35-49(53)47-28-15-23-39-21-13-26-44(52(39)47)37-18-8-5-9-19-37/h4-35H,1-3H3. The Kier molecular flexibility index (Phi) is 7.78. The molecule has 55 heavy (non-hydrogen) atoms. The number of para-hydroxylation sites is 1. The molecule has 0 fully saturated rings. The normalized spacial score (nSPS) is 11.9. The molecular weight excluding hydrogens is 663 g/mol. The van der Waals surface area contributed by atoms with Gasteiger partial charge in [-0.15, -0.1) is 0 Å². The summed E-state index contributed by atoms with van der Waals surface area (Å²) in [5.41, 5.74) is 17.3. The van der Waals surface area contributed by atoms with Crippen LogP contribution in [-0.2, 0) is 5.41 Å². The quantitative estimate of drug-likeness (QED) is 0.160. The molecule has 0 saturated heterocycles. The van der Waals surface area contributed by atoms with Gasteiger partial charge in [0.1, 0.15) is 0 Å². The summed E-state index contributed by atoms with van der Waals surface area (Å²) in [6.07, 6.45) is 0. The van der Waals surface area contributed by atoms with Crippen molar-refractivity contribution in [1.29, 1.82) is 0 Å². The van der Waals surface area contributed by atoms with Crippen LogP contribution in [0.1, 0.15) is 26.3 Å². The molecule has 10 rings (SSSR count). The Morgan fingerprint density at radius 1 is 0.345 bits per heavy atom. The van der Waals surface area contributed by atoms with Gasteiger partial charge in [0.25, 0.3) is 0 Å². The van der Waals surface area contributed by atoms with Crippen LogP contribution in [-0.4, -0.2) is 0 Å². The fourth-order valence-electron chi connectivity index (χ4n) is 8.50. The highest BCUT2D eigenvalue weighted by atomic mass is 15.2. The van der Waals surface area contributed by atoms with Crippen LogP contribution in [0.15, 0.2) is 194 Å². The first-order valence-electron chi connectivity index (χ1n) is 19.3. The third-order valence-electron chi connectivity index (χ3n) is 11.3. The second kappa shape index (κ2) is 13.0. The number of benzene rings is 9. The summed E-state index contributed by atoms with van der Waals surface area (Å²) in [4.78, 5) is 2.54. The topological polar surface area (TPSA) is 3.24 Å². The van der Waals surface area contributed by atoms with E-state index in [4.69, 9.17) is 0 Å². The number of hydrogen-bond donors (Lipinski definition) is 0. The zero-order chi connectivity index (χ0) is 37.1. The largest absolute Gasteiger partial charge is 0.309 e. The van der Waals surface area contributed by atoms with Gasteiger partial charge in [-0.25, -0.2) is 0 Å². The Morgan fingerprint density at radius 2 is 0.800 bits per heavy atom. The van der Waals surface area contributed by atoms with Crippen molar-refractivity contribution in [3.63, 3.8) is 0 Å². The van der Waals surface area contributed by atoms with Gasteiger partial charge < -0.3 is 4.90 Å². The van der Waals surface area contributed by atoms with Gasteiger partial charge in [0.05, 0.1) is 11.4 Å². The lowest BCUT2D eigenvalue weighted by Crippen LogP contribution is -2.14. The van der Waals surface area contributed by atoms with Crippen molar-refractivity contribution >= 4 is 38.6 Å². The Morgan fingerprint density at radius 3 is 1.35 bits per heavy atom. The smallest absolute Gasteiger partial charge is 0.0619 e. The van der Waals surface area contributed by atoms with Gasteiger partial charge in [-0.05, 0) is 102 Å². The summed E-state index contributed by atoms with van der Waals surface area (Å²) in [6.45, 7) is 6.86. The predicted octanol–water partition coefficient (Wildman–Crippen LogP) is 15.4. The number of rotatable bonds is 7. The molecule has 0 heterocycles. The van der Waals surface area contributed by atoms with E-state index in [1.165, 1.54) is 88.4 Å². The van der Waals surface area contributed by atoms with Crippen molar-refractivity contribution in [3.8, 4) is 55.6 Å². The van der Waals surface area contributed by atoms with Crippen molar-refractivity contribution in [2.75, 3.05) is 4.90 Å². The van der Waals surface area contributed by atoms with E-state index < -0.39 is 0 Å². The lowest BCUT2D eigenvalue weighted by Gasteiger charge is -2.30. The Balaban J connectivity index is 1.25. The monoisotopic (exact) mass is 703 g/mol. The molecule has 0 amide bonds. The maximum atomic E-state index is 2.54. The van der Waals surface area contributed by atoms with E-state index in [0.29, 0.717) is 0 Å². The minimum Gasteiger partial charge on any atom is -0.309 e. The van der Waals surface area contributed by atoms with Gasteiger partial charge in [-0.3, -0.25) is 0 Å². The van der Waals surface area contributed by atoms with Crippen LogP contribution in [0.25, 0.3) is 77.2 Å². The molecule has 2 aliphatic rings. The predicted molar refractivity (Wildman–Crippen MR) is 236 cm³/mol. The molecule has 8 aromatic rings. The van der Waals surface area contributed by atoms with Crippen molar-refractivity contribution in [1.82, 2.24) is 0 Å². The molecule has 8 aromatic carbocycles. The van der Waals surface area contributed by atoms with Gasteiger partial charge in [-0.2, -0.15) is 0 Å². The van der Waals surface area contributed by atoms with Crippen molar-refractivity contribution < 1.29 is 0 Å². The van der Waals surface area contributed by atoms with E-state index in [1.54, 1.807) is 0 Å². The molecule has 0 unspecified atom stereocenters. The Labute approximate surface area is 323 Å². The van der Waals surface area contributed by atoms with Gasteiger partial charge in [-0.1, -0.05) is 185 Å². The number of nitrogens with zero attached hydrogens (tertiary/aromatic N) is 1. The first kappa shape index (κ1) is 32.9. The minimum absolute atomic E-state index is 0.0420. The van der Waals surface area contributed by atoms with Crippen LogP contribution < -0.4 is 4.90 Å². The maximum Gasteiger partial charge on any atom is 0.0619 e. The molecule has 0 bridgehead atoms. The maximum absolute atomic E-state index is 2.54. The molecule has 0 spiro atoms. The first-order chi connectivity index (χ1) is 26.9. The molecule has 2 aliphatic carbocycles. The van der Waals surface area contributed by atoms with E-state index >= 15 is 0 Å². The average molecular weight is 704 g/mol. The highest BCUT2D eigenvalue weighted by Crippen LogP contribution is 2.57. The minimum atomic E-state index is 0.0420. The molecule has 1 nitrogen and oxygen atoms in total. The van der Waals surface area contributed by atoms with E-state index in [1.807, 2.05) is 0 Å². The van der Waals surface area contributed by atoms with Crippen LogP contribution in [0.4, 0.5) is 17.1 Å². The number of fused-ring (bicyclic) bond motifs is 3. The third-order valence-corrected chi connectivity index (χ3v) is 11.3. The fraction of sp³-hybridized carbons (Fsp3) is 0.0741. The van der Waals surface area contributed by atoms with Crippen LogP contribution in [0.2, 0.25) is 0 Å². The fourth-order valence-corrected chi connectivity index (χ4v) is 8.50. The SMILES string of the molecule is CC(C)(C)c1ccc(N(c2ccccc2-c2cccc3cccc(-c4ccccc4)c23)c2c3cc-3cc2-c2cccc3cccc(-c4ccccc4)c23)cc1. The van der Waals surface area contributed by atoms with E-state index in [0.717, 1.165) is 11.4 Å². The third kappa shape index (κ3) is 5.72. The van der Waals surface area contributed by atoms with Crippen LogP contribution in [0.3, 0.4) is 0 Å².